The van der Waals surface area contributed by atoms with Crippen LogP contribution in [0.3, 0.4) is 0 Å². The topological polar surface area (TPSA) is 98.7 Å². The number of ether oxygens (including phenoxy) is 1. The van der Waals surface area contributed by atoms with Crippen molar-refractivity contribution in [1.29, 1.82) is 0 Å². The van der Waals surface area contributed by atoms with Gasteiger partial charge in [-0.1, -0.05) is 28.1 Å². The number of carbonyl (C=O) groups excluding carboxylic acids is 2. The molecule has 0 radical (unpaired) electrons. The number of hydrogen-bond acceptors (Lipinski definition) is 3. The van der Waals surface area contributed by atoms with E-state index in [0.717, 1.165) is 4.47 Å². The maximum Gasteiger partial charge on any atom is 0.262 e. The fraction of sp³-hybridized carbons (Fsp3) is 0.200. The van der Waals surface area contributed by atoms with E-state index in [-0.39, 0.29) is 0 Å². The minimum atomic E-state index is -1.67. The van der Waals surface area contributed by atoms with Gasteiger partial charge in [0.05, 0.1) is 0 Å². The van der Waals surface area contributed by atoms with Crippen LogP contribution in [0.2, 0.25) is 0 Å². The molecule has 4 N–H and O–H groups in total. The number of benzene rings is 1. The smallest absolute Gasteiger partial charge is 0.262 e. The van der Waals surface area contributed by atoms with Crippen LogP contribution in [0.1, 0.15) is 11.7 Å². The minimum absolute atomic E-state index is 0.671. The van der Waals surface area contributed by atoms with Crippen LogP contribution in [0.15, 0.2) is 28.7 Å². The van der Waals surface area contributed by atoms with Gasteiger partial charge in [0.15, 0.2) is 0 Å². The first-order valence-electron chi connectivity index (χ1n) is 4.51. The molecule has 1 saturated heterocycles. The van der Waals surface area contributed by atoms with E-state index in [1.54, 1.807) is 24.3 Å². The second kappa shape index (κ2) is 3.57. The van der Waals surface area contributed by atoms with Crippen molar-refractivity contribution in [2.24, 2.45) is 11.5 Å². The fourth-order valence-electron chi connectivity index (χ4n) is 1.59. The Hall–Kier alpha value is -1.40. The second-order valence-corrected chi connectivity index (χ2v) is 4.43. The van der Waals surface area contributed by atoms with E-state index in [9.17, 15) is 9.59 Å². The predicted octanol–water partition coefficient (Wildman–Crippen LogP) is 0.230. The summed E-state index contributed by atoms with van der Waals surface area (Å²) in [4.78, 5) is 22.3. The summed E-state index contributed by atoms with van der Waals surface area (Å²) in [5.41, 5.74) is 9.26. The van der Waals surface area contributed by atoms with Gasteiger partial charge in [-0.25, -0.2) is 0 Å². The lowest BCUT2D eigenvalue weighted by atomic mass is 9.98. The Morgan fingerprint density at radius 3 is 2.06 bits per heavy atom. The largest absolute Gasteiger partial charge is 0.367 e. The number of nitrogens with two attached hydrogens (primary N) is 2. The van der Waals surface area contributed by atoms with Crippen molar-refractivity contribution >= 4 is 27.7 Å². The molecule has 1 aromatic rings. The SMILES string of the molecule is NC(=O)C1(C(N)=O)O[C@H]1c1ccc(Br)cc1. The lowest BCUT2D eigenvalue weighted by Crippen LogP contribution is -2.44. The molecule has 0 saturated carbocycles. The molecule has 1 fully saturated rings. The van der Waals surface area contributed by atoms with E-state index in [1.807, 2.05) is 0 Å². The van der Waals surface area contributed by atoms with Crippen molar-refractivity contribution in [1.82, 2.24) is 0 Å². The third-order valence-electron chi connectivity index (χ3n) is 2.52. The lowest BCUT2D eigenvalue weighted by molar-refractivity contribution is -0.133. The summed E-state index contributed by atoms with van der Waals surface area (Å²) in [5, 5.41) is 0. The molecule has 84 valence electrons. The monoisotopic (exact) mass is 284 g/mol. The van der Waals surface area contributed by atoms with Gasteiger partial charge in [0.1, 0.15) is 6.10 Å². The van der Waals surface area contributed by atoms with Crippen LogP contribution in [-0.4, -0.2) is 17.4 Å². The molecule has 6 heteroatoms. The molecule has 5 nitrogen and oxygen atoms in total. The van der Waals surface area contributed by atoms with Crippen molar-refractivity contribution < 1.29 is 14.3 Å². The summed E-state index contributed by atoms with van der Waals surface area (Å²) in [6.07, 6.45) is -0.671. The van der Waals surface area contributed by atoms with Gasteiger partial charge < -0.3 is 16.2 Å². The van der Waals surface area contributed by atoms with Gasteiger partial charge in [-0.05, 0) is 17.7 Å². The van der Waals surface area contributed by atoms with Crippen LogP contribution < -0.4 is 11.5 Å². The number of halogens is 1. The number of amides is 2. The molecular formula is C10H9BrN2O3. The molecule has 1 heterocycles. The molecule has 0 aliphatic carbocycles. The van der Waals surface area contributed by atoms with E-state index in [0.29, 0.717) is 5.56 Å². The van der Waals surface area contributed by atoms with Crippen LogP contribution in [0, 0.1) is 0 Å². The molecule has 1 aliphatic rings. The Kier molecular flexibility index (Phi) is 2.47. The van der Waals surface area contributed by atoms with Crippen LogP contribution in [0.5, 0.6) is 0 Å². The zero-order valence-electron chi connectivity index (χ0n) is 8.14. The summed E-state index contributed by atoms with van der Waals surface area (Å²) in [6.45, 7) is 0. The average molecular weight is 285 g/mol. The Bertz CT molecular complexity index is 444. The Labute approximate surface area is 99.9 Å². The van der Waals surface area contributed by atoms with Gasteiger partial charge >= 0.3 is 0 Å². The van der Waals surface area contributed by atoms with Gasteiger partial charge in [-0.3, -0.25) is 9.59 Å². The number of primary amides is 2. The molecular weight excluding hydrogens is 276 g/mol. The van der Waals surface area contributed by atoms with Gasteiger partial charge in [0, 0.05) is 4.47 Å². The van der Waals surface area contributed by atoms with E-state index < -0.39 is 23.5 Å². The zero-order valence-corrected chi connectivity index (χ0v) is 9.73. The van der Waals surface area contributed by atoms with E-state index >= 15 is 0 Å². The van der Waals surface area contributed by atoms with Gasteiger partial charge in [0.25, 0.3) is 17.4 Å². The maximum absolute atomic E-state index is 11.2. The number of rotatable bonds is 3. The first-order valence-corrected chi connectivity index (χ1v) is 5.31. The molecule has 2 rings (SSSR count). The molecule has 1 aromatic carbocycles. The summed E-state index contributed by atoms with van der Waals surface area (Å²) >= 11 is 3.28. The Morgan fingerprint density at radius 2 is 1.69 bits per heavy atom. The highest BCUT2D eigenvalue weighted by atomic mass is 79.9. The Morgan fingerprint density at radius 1 is 1.19 bits per heavy atom. The van der Waals surface area contributed by atoms with Gasteiger partial charge in [-0.15, -0.1) is 0 Å². The first kappa shape index (κ1) is 11.1. The summed E-state index contributed by atoms with van der Waals surface area (Å²) in [6, 6.07) is 7.04. The third-order valence-corrected chi connectivity index (χ3v) is 3.05. The van der Waals surface area contributed by atoms with Crippen molar-refractivity contribution in [2.75, 3.05) is 0 Å². The molecule has 1 atom stereocenters. The van der Waals surface area contributed by atoms with Gasteiger partial charge in [-0.2, -0.15) is 0 Å². The van der Waals surface area contributed by atoms with E-state index in [4.69, 9.17) is 16.2 Å². The van der Waals surface area contributed by atoms with Crippen molar-refractivity contribution in [3.63, 3.8) is 0 Å². The Balaban J connectivity index is 2.30. The van der Waals surface area contributed by atoms with Crippen molar-refractivity contribution in [2.45, 2.75) is 11.7 Å². The minimum Gasteiger partial charge on any atom is -0.367 e. The van der Waals surface area contributed by atoms with Gasteiger partial charge in [0.2, 0.25) is 0 Å². The lowest BCUT2D eigenvalue weighted by Gasteiger charge is -2.03. The molecule has 2 amide bonds. The maximum atomic E-state index is 11.2. The van der Waals surface area contributed by atoms with Crippen molar-refractivity contribution in [3.05, 3.63) is 34.3 Å². The number of carbonyl (C=O) groups is 2. The summed E-state index contributed by atoms with van der Waals surface area (Å²) < 4.78 is 5.98. The normalized spacial score (nSPS) is 21.4. The highest BCUT2D eigenvalue weighted by Gasteiger charge is 2.67. The highest BCUT2D eigenvalue weighted by molar-refractivity contribution is 9.10. The molecule has 0 spiro atoms. The molecule has 16 heavy (non-hydrogen) atoms. The van der Waals surface area contributed by atoms with Crippen molar-refractivity contribution in [3.8, 4) is 0 Å². The molecule has 1 aliphatic heterocycles. The quantitative estimate of drug-likeness (QED) is 0.614. The highest BCUT2D eigenvalue weighted by Crippen LogP contribution is 2.49. The van der Waals surface area contributed by atoms with E-state index in [1.165, 1.54) is 0 Å². The third kappa shape index (κ3) is 1.50. The molecule has 0 bridgehead atoms. The molecule has 0 aromatic heterocycles. The summed E-state index contributed by atoms with van der Waals surface area (Å²) in [5.74, 6) is -1.71. The summed E-state index contributed by atoms with van der Waals surface area (Å²) in [7, 11) is 0. The number of epoxide rings is 1. The van der Waals surface area contributed by atoms with Crippen LogP contribution in [-0.2, 0) is 14.3 Å². The van der Waals surface area contributed by atoms with Crippen LogP contribution in [0.4, 0.5) is 0 Å². The van der Waals surface area contributed by atoms with E-state index in [2.05, 4.69) is 15.9 Å². The second-order valence-electron chi connectivity index (χ2n) is 3.51. The van der Waals surface area contributed by atoms with Crippen LogP contribution in [0.25, 0.3) is 0 Å². The fourth-order valence-corrected chi connectivity index (χ4v) is 1.85. The predicted molar refractivity (Wildman–Crippen MR) is 59.1 cm³/mol. The molecule has 0 unspecified atom stereocenters. The standard InChI is InChI=1S/C10H9BrN2O3/c11-6-3-1-5(2-4-6)7-10(16-7,8(12)14)9(13)15/h1-4,7H,(H2,12,14)(H2,13,15)/t7-/m0/s1. The zero-order chi connectivity index (χ0) is 11.9. The van der Waals surface area contributed by atoms with Crippen LogP contribution >= 0.6 is 15.9 Å². The number of hydrogen-bond donors (Lipinski definition) is 2. The average Bonchev–Trinajstić information content (AvgIpc) is 2.95. The first-order chi connectivity index (χ1) is 7.48.